The highest BCUT2D eigenvalue weighted by Crippen LogP contribution is 2.39. The van der Waals surface area contributed by atoms with E-state index in [1.807, 2.05) is 115 Å². The molecular weight excluding hydrogens is 739 g/mol. The Labute approximate surface area is 337 Å². The smallest absolute Gasteiger partial charge is 0.408 e. The molecule has 2 heterocycles. The molecule has 7 rings (SSSR count). The largest absolute Gasteiger partial charge is 0.508 e. The van der Waals surface area contributed by atoms with Gasteiger partial charge < -0.3 is 39.7 Å². The predicted octanol–water partition coefficient (Wildman–Crippen LogP) is 6.32. The van der Waals surface area contributed by atoms with E-state index in [1.165, 1.54) is 4.90 Å². The molecule has 0 aromatic heterocycles. The Morgan fingerprint density at radius 2 is 1.60 bits per heavy atom. The lowest BCUT2D eigenvalue weighted by Crippen LogP contribution is -2.41. The summed E-state index contributed by atoms with van der Waals surface area (Å²) in [6.45, 7) is 0.850. The van der Waals surface area contributed by atoms with E-state index in [2.05, 4.69) is 5.32 Å². The van der Waals surface area contributed by atoms with Gasteiger partial charge in [-0.15, -0.1) is 0 Å². The van der Waals surface area contributed by atoms with Crippen LogP contribution in [0.15, 0.2) is 127 Å². The SMILES string of the molecule is CN(CC1CC(c2ccc(CO)cc2)OC(c2ccc(-c3ccccc3CN3C(=O)CC(NC(=O)OCc4ccccc4)C3=O)cc2)O1)CC(O)c1cccc(O)c1. The average Bonchev–Trinajstić information content (AvgIpc) is 3.50. The molecule has 12 nitrogen and oxygen atoms in total. The van der Waals surface area contributed by atoms with Crippen LogP contribution in [0.2, 0.25) is 0 Å². The number of aliphatic hydroxyl groups is 2. The van der Waals surface area contributed by atoms with Crippen LogP contribution in [0.5, 0.6) is 5.75 Å². The van der Waals surface area contributed by atoms with Crippen molar-refractivity contribution >= 4 is 17.9 Å². The number of carbonyl (C=O) groups excluding carboxylic acids is 3. The third-order valence-electron chi connectivity index (χ3n) is 10.5. The predicted molar refractivity (Wildman–Crippen MR) is 215 cm³/mol. The highest BCUT2D eigenvalue weighted by atomic mass is 16.7. The highest BCUT2D eigenvalue weighted by Gasteiger charge is 2.40. The summed E-state index contributed by atoms with van der Waals surface area (Å²) in [5, 5.41) is 32.9. The maximum Gasteiger partial charge on any atom is 0.408 e. The number of rotatable bonds is 14. The maximum atomic E-state index is 13.4. The summed E-state index contributed by atoms with van der Waals surface area (Å²) in [4.78, 5) is 42.1. The van der Waals surface area contributed by atoms with Crippen molar-refractivity contribution in [2.45, 2.75) is 63.2 Å². The second kappa shape index (κ2) is 18.6. The number of amides is 3. The monoisotopic (exact) mass is 785 g/mol. The van der Waals surface area contributed by atoms with E-state index in [1.54, 1.807) is 24.3 Å². The third-order valence-corrected chi connectivity index (χ3v) is 10.5. The molecule has 0 aliphatic carbocycles. The zero-order valence-corrected chi connectivity index (χ0v) is 32.1. The average molecular weight is 786 g/mol. The number of nitrogens with zero attached hydrogens (tertiary/aromatic N) is 2. The van der Waals surface area contributed by atoms with Gasteiger partial charge >= 0.3 is 6.09 Å². The molecule has 2 saturated heterocycles. The molecule has 5 atom stereocenters. The number of phenols is 1. The molecule has 0 saturated carbocycles. The van der Waals surface area contributed by atoms with Gasteiger partial charge in [-0.25, -0.2) is 4.79 Å². The molecule has 5 unspecified atom stereocenters. The number of aliphatic hydroxyl groups excluding tert-OH is 2. The van der Waals surface area contributed by atoms with Gasteiger partial charge in [-0.05, 0) is 58.1 Å². The van der Waals surface area contributed by atoms with Crippen LogP contribution in [0.4, 0.5) is 4.79 Å². The topological polar surface area (TPSA) is 158 Å². The summed E-state index contributed by atoms with van der Waals surface area (Å²) in [5.74, 6) is -0.782. The van der Waals surface area contributed by atoms with E-state index in [0.29, 0.717) is 25.1 Å². The Morgan fingerprint density at radius 3 is 2.34 bits per heavy atom. The van der Waals surface area contributed by atoms with Gasteiger partial charge in [0.15, 0.2) is 6.29 Å². The zero-order valence-electron chi connectivity index (χ0n) is 32.1. The van der Waals surface area contributed by atoms with Crippen molar-refractivity contribution in [1.29, 1.82) is 0 Å². The molecule has 3 amide bonds. The van der Waals surface area contributed by atoms with E-state index < -0.39 is 30.4 Å². The van der Waals surface area contributed by atoms with Crippen molar-refractivity contribution < 1.29 is 43.9 Å². The lowest BCUT2D eigenvalue weighted by Gasteiger charge is -2.38. The van der Waals surface area contributed by atoms with E-state index in [0.717, 1.165) is 38.9 Å². The van der Waals surface area contributed by atoms with E-state index in [-0.39, 0.29) is 50.0 Å². The lowest BCUT2D eigenvalue weighted by molar-refractivity contribution is -0.252. The van der Waals surface area contributed by atoms with Crippen molar-refractivity contribution in [3.8, 4) is 16.9 Å². The van der Waals surface area contributed by atoms with Crippen molar-refractivity contribution in [2.24, 2.45) is 0 Å². The number of aromatic hydroxyl groups is 1. The van der Waals surface area contributed by atoms with Crippen LogP contribution in [0.25, 0.3) is 11.1 Å². The molecule has 4 N–H and O–H groups in total. The number of likely N-dealkylation sites (tertiary alicyclic amines) is 1. The van der Waals surface area contributed by atoms with Gasteiger partial charge in [0, 0.05) is 25.1 Å². The number of carbonyl (C=O) groups is 3. The van der Waals surface area contributed by atoms with Crippen LogP contribution in [0.1, 0.15) is 64.7 Å². The molecule has 58 heavy (non-hydrogen) atoms. The van der Waals surface area contributed by atoms with E-state index >= 15 is 0 Å². The number of nitrogens with one attached hydrogen (secondary N) is 1. The fourth-order valence-corrected chi connectivity index (χ4v) is 7.39. The van der Waals surface area contributed by atoms with Crippen molar-refractivity contribution in [2.75, 3.05) is 20.1 Å². The number of alkyl carbamates (subject to hydrolysis) is 1. The third kappa shape index (κ3) is 9.97. The fourth-order valence-electron chi connectivity index (χ4n) is 7.39. The first-order chi connectivity index (χ1) is 28.1. The van der Waals surface area contributed by atoms with Gasteiger partial charge in [0.2, 0.25) is 5.91 Å². The van der Waals surface area contributed by atoms with E-state index in [4.69, 9.17) is 14.2 Å². The van der Waals surface area contributed by atoms with Gasteiger partial charge in [0.1, 0.15) is 18.4 Å². The first-order valence-electron chi connectivity index (χ1n) is 19.3. The number of phenolic OH excluding ortho intramolecular Hbond substituents is 1. The highest BCUT2D eigenvalue weighted by molar-refractivity contribution is 6.06. The summed E-state index contributed by atoms with van der Waals surface area (Å²) in [5.41, 5.74) is 6.44. The Morgan fingerprint density at radius 1 is 0.879 bits per heavy atom. The zero-order chi connectivity index (χ0) is 40.6. The van der Waals surface area contributed by atoms with Gasteiger partial charge in [0.25, 0.3) is 5.91 Å². The molecule has 5 aromatic rings. The molecule has 5 aromatic carbocycles. The maximum absolute atomic E-state index is 13.4. The molecule has 12 heteroatoms. The summed E-state index contributed by atoms with van der Waals surface area (Å²) in [7, 11) is 1.91. The Kier molecular flexibility index (Phi) is 12.9. The van der Waals surface area contributed by atoms with Gasteiger partial charge in [-0.2, -0.15) is 0 Å². The summed E-state index contributed by atoms with van der Waals surface area (Å²) >= 11 is 0. The number of ether oxygens (including phenoxy) is 3. The Balaban J connectivity index is 1.03. The number of imide groups is 1. The minimum Gasteiger partial charge on any atom is -0.508 e. The van der Waals surface area contributed by atoms with Crippen LogP contribution < -0.4 is 5.32 Å². The van der Waals surface area contributed by atoms with Crippen LogP contribution >= 0.6 is 0 Å². The summed E-state index contributed by atoms with van der Waals surface area (Å²) in [6.07, 6.45) is -2.44. The standard InChI is InChI=1S/C46H47N3O9/c1-48(27-41(52)35-11-7-12-37(51)22-35)26-38-23-42(33-16-14-30(28-50)15-17-33)58-45(57-38)34-20-18-32(19-21-34)39-13-6-5-10-36(39)25-49-43(53)24-40(44(49)54)47-46(55)56-29-31-8-3-2-4-9-31/h2-22,38,40-42,45,50-52H,23-29H2,1H3,(H,47,55). The summed E-state index contributed by atoms with van der Waals surface area (Å²) in [6, 6.07) is 37.8. The van der Waals surface area contributed by atoms with Gasteiger partial charge in [0.05, 0.1) is 37.9 Å². The minimum absolute atomic E-state index is 0.0355. The lowest BCUT2D eigenvalue weighted by atomic mass is 9.97. The summed E-state index contributed by atoms with van der Waals surface area (Å²) < 4.78 is 18.4. The first-order valence-corrected chi connectivity index (χ1v) is 19.3. The Bertz CT molecular complexity index is 2180. The minimum atomic E-state index is -1.01. The number of benzene rings is 5. The molecule has 0 spiro atoms. The Hall–Kier alpha value is -5.89. The molecule has 2 fully saturated rings. The molecule has 0 bridgehead atoms. The van der Waals surface area contributed by atoms with Gasteiger partial charge in [-0.3, -0.25) is 14.5 Å². The van der Waals surface area contributed by atoms with Gasteiger partial charge in [-0.1, -0.05) is 115 Å². The molecule has 300 valence electrons. The number of likely N-dealkylation sites (N-methyl/N-ethyl adjacent to an activating group) is 1. The van der Waals surface area contributed by atoms with Crippen molar-refractivity contribution in [3.63, 3.8) is 0 Å². The quantitative estimate of drug-likeness (QED) is 0.0940. The van der Waals surface area contributed by atoms with Crippen LogP contribution in [0, 0.1) is 0 Å². The van der Waals surface area contributed by atoms with Crippen molar-refractivity contribution in [3.05, 3.63) is 161 Å². The molecule has 0 radical (unpaired) electrons. The number of hydrogen-bond acceptors (Lipinski definition) is 10. The normalized spacial score (nSPS) is 20.0. The van der Waals surface area contributed by atoms with Crippen LogP contribution in [-0.2, 0) is 43.6 Å². The fraction of sp³-hybridized carbons (Fsp3) is 0.283. The first kappa shape index (κ1) is 40.3. The van der Waals surface area contributed by atoms with Crippen LogP contribution in [-0.4, -0.2) is 75.3 Å². The van der Waals surface area contributed by atoms with E-state index in [9.17, 15) is 29.7 Å². The second-order valence-electron chi connectivity index (χ2n) is 14.7. The van der Waals surface area contributed by atoms with Crippen molar-refractivity contribution in [1.82, 2.24) is 15.1 Å². The molecule has 2 aliphatic heterocycles. The number of hydrogen-bond donors (Lipinski definition) is 4. The second-order valence-corrected chi connectivity index (χ2v) is 14.7. The molecular formula is C46H47N3O9. The van der Waals surface area contributed by atoms with Crippen LogP contribution in [0.3, 0.4) is 0 Å². The molecule has 2 aliphatic rings.